The quantitative estimate of drug-likeness (QED) is 0.246. The fourth-order valence-corrected chi connectivity index (χ4v) is 6.33. The van der Waals surface area contributed by atoms with Gasteiger partial charge in [-0.05, 0) is 76.9 Å². The minimum Gasteiger partial charge on any atom is -0.236 e. The van der Waals surface area contributed by atoms with Crippen molar-refractivity contribution in [1.82, 2.24) is 4.98 Å². The summed E-state index contributed by atoms with van der Waals surface area (Å²) in [5, 5.41) is 20.8. The lowest BCUT2D eigenvalue weighted by molar-refractivity contribution is 1.46. The first-order valence-corrected chi connectivity index (χ1v) is 15.7. The van der Waals surface area contributed by atoms with Gasteiger partial charge in [0.1, 0.15) is 5.01 Å². The molecular weight excluding hydrogens is 463 g/mol. The van der Waals surface area contributed by atoms with E-state index in [1.807, 2.05) is 48.5 Å². The summed E-state index contributed by atoms with van der Waals surface area (Å²) in [4.78, 5) is 4.98. The van der Waals surface area contributed by atoms with Crippen LogP contribution < -0.4 is 5.19 Å². The van der Waals surface area contributed by atoms with Crippen molar-refractivity contribution in [3.63, 3.8) is 0 Å². The van der Waals surface area contributed by atoms with E-state index < -0.39 is 8.07 Å². The smallest absolute Gasteiger partial charge is 0.124 e. The van der Waals surface area contributed by atoms with Gasteiger partial charge in [0.15, 0.2) is 0 Å². The third-order valence-electron chi connectivity index (χ3n) is 6.13. The van der Waals surface area contributed by atoms with Gasteiger partial charge in [-0.2, -0.15) is 10.5 Å². The molecule has 168 valence electrons. The normalized spacial score (nSPS) is 11.2. The van der Waals surface area contributed by atoms with Crippen molar-refractivity contribution < 1.29 is 0 Å². The van der Waals surface area contributed by atoms with Gasteiger partial charge in [0.2, 0.25) is 0 Å². The lowest BCUT2D eigenvalue weighted by Gasteiger charge is -2.15. The molecule has 0 fully saturated rings. The van der Waals surface area contributed by atoms with E-state index in [0.29, 0.717) is 11.1 Å². The Morgan fingerprint density at radius 1 is 0.629 bits per heavy atom. The average Bonchev–Trinajstić information content (AvgIpc) is 3.32. The third kappa shape index (κ3) is 4.65. The second kappa shape index (κ2) is 8.96. The predicted molar refractivity (Wildman–Crippen MR) is 148 cm³/mol. The molecule has 0 saturated carbocycles. The van der Waals surface area contributed by atoms with Gasteiger partial charge < -0.3 is 0 Å². The van der Waals surface area contributed by atoms with Crippen molar-refractivity contribution in [3.8, 4) is 45.0 Å². The Labute approximate surface area is 210 Å². The van der Waals surface area contributed by atoms with Crippen molar-refractivity contribution in [1.29, 1.82) is 10.5 Å². The number of benzene rings is 4. The molecular formula is C30H23N3SSi. The third-order valence-corrected chi connectivity index (χ3v) is 9.24. The predicted octanol–water partition coefficient (Wildman–Crippen LogP) is 7.59. The van der Waals surface area contributed by atoms with Crippen LogP contribution in [-0.4, -0.2) is 13.1 Å². The topological polar surface area (TPSA) is 60.5 Å². The summed E-state index contributed by atoms with van der Waals surface area (Å²) >= 11 is 1.73. The van der Waals surface area contributed by atoms with E-state index in [1.54, 1.807) is 11.3 Å². The number of thiazole rings is 1. The van der Waals surface area contributed by atoms with Crippen LogP contribution in [0.5, 0.6) is 0 Å². The first-order valence-electron chi connectivity index (χ1n) is 11.4. The zero-order chi connectivity index (χ0) is 24.6. The summed E-state index contributed by atoms with van der Waals surface area (Å²) in [6.45, 7) is 7.09. The van der Waals surface area contributed by atoms with E-state index in [9.17, 15) is 10.5 Å². The van der Waals surface area contributed by atoms with Gasteiger partial charge in [-0.1, -0.05) is 55.2 Å². The first kappa shape index (κ1) is 22.7. The lowest BCUT2D eigenvalue weighted by Crippen LogP contribution is -2.37. The Kier molecular flexibility index (Phi) is 5.82. The lowest BCUT2D eigenvalue weighted by atomic mass is 9.95. The molecule has 1 aromatic heterocycles. The number of fused-ring (bicyclic) bond motifs is 1. The Balaban J connectivity index is 1.66. The molecule has 4 aromatic carbocycles. The maximum atomic E-state index is 9.19. The van der Waals surface area contributed by atoms with E-state index in [1.165, 1.54) is 9.89 Å². The molecule has 0 amide bonds. The highest BCUT2D eigenvalue weighted by atomic mass is 32.1. The number of nitriles is 2. The van der Waals surface area contributed by atoms with Gasteiger partial charge in [0.25, 0.3) is 0 Å². The van der Waals surface area contributed by atoms with Crippen LogP contribution in [0.4, 0.5) is 0 Å². The standard InChI is InChI=1S/C30H23N3SSi/c1-35(2,3)27-12-13-28-29(17-27)34-30(33-28)26-15-24(22-8-4-20(18-31)5-9-22)14-25(16-26)23-10-6-21(19-32)7-11-23/h4-17H,1-3H3. The van der Waals surface area contributed by atoms with Gasteiger partial charge in [-0.3, -0.25) is 0 Å². The van der Waals surface area contributed by atoms with Gasteiger partial charge in [-0.25, -0.2) is 4.98 Å². The molecule has 5 aromatic rings. The van der Waals surface area contributed by atoms with E-state index in [0.717, 1.165) is 38.3 Å². The fourth-order valence-electron chi connectivity index (χ4n) is 4.07. The maximum Gasteiger partial charge on any atom is 0.124 e. The summed E-state index contributed by atoms with van der Waals surface area (Å²) in [6.07, 6.45) is 0. The highest BCUT2D eigenvalue weighted by molar-refractivity contribution is 7.21. The van der Waals surface area contributed by atoms with E-state index in [-0.39, 0.29) is 0 Å². The molecule has 0 N–H and O–H groups in total. The molecule has 5 heteroatoms. The number of rotatable bonds is 4. The second-order valence-electron chi connectivity index (χ2n) is 9.63. The zero-order valence-electron chi connectivity index (χ0n) is 19.8. The van der Waals surface area contributed by atoms with Gasteiger partial charge in [-0.15, -0.1) is 11.3 Å². The summed E-state index contributed by atoms with van der Waals surface area (Å²) in [7, 11) is -1.41. The number of hydrogen-bond acceptors (Lipinski definition) is 4. The molecule has 35 heavy (non-hydrogen) atoms. The van der Waals surface area contributed by atoms with Crippen molar-refractivity contribution >= 4 is 34.8 Å². The van der Waals surface area contributed by atoms with E-state index in [2.05, 4.69) is 68.2 Å². The highest BCUT2D eigenvalue weighted by Crippen LogP contribution is 2.36. The second-order valence-corrected chi connectivity index (χ2v) is 15.7. The molecule has 1 heterocycles. The van der Waals surface area contributed by atoms with Crippen LogP contribution in [0, 0.1) is 22.7 Å². The Bertz CT molecular complexity index is 1550. The Morgan fingerprint density at radius 2 is 1.14 bits per heavy atom. The number of aromatic nitrogens is 1. The van der Waals surface area contributed by atoms with E-state index in [4.69, 9.17) is 4.98 Å². The molecule has 0 aliphatic carbocycles. The first-order chi connectivity index (χ1) is 16.8. The molecule has 5 rings (SSSR count). The summed E-state index contributed by atoms with van der Waals surface area (Å²) in [5.74, 6) is 0. The maximum absolute atomic E-state index is 9.19. The van der Waals surface area contributed by atoms with Crippen LogP contribution in [0.15, 0.2) is 84.9 Å². The SMILES string of the molecule is C[Si](C)(C)c1ccc2nc(-c3cc(-c4ccc(C#N)cc4)cc(-c4ccc(C#N)cc4)c3)sc2c1. The fraction of sp³-hybridized carbons (Fsp3) is 0.100. The van der Waals surface area contributed by atoms with Crippen molar-refractivity contribution in [3.05, 3.63) is 96.1 Å². The van der Waals surface area contributed by atoms with Crippen molar-refractivity contribution in [2.75, 3.05) is 0 Å². The monoisotopic (exact) mass is 485 g/mol. The summed E-state index contributed by atoms with van der Waals surface area (Å²) in [5.41, 5.74) is 7.58. The van der Waals surface area contributed by atoms with Crippen molar-refractivity contribution in [2.24, 2.45) is 0 Å². The Hall–Kier alpha value is -4.03. The van der Waals surface area contributed by atoms with Gasteiger partial charge in [0, 0.05) is 5.56 Å². The minimum absolute atomic E-state index is 0.640. The van der Waals surface area contributed by atoms with Gasteiger partial charge >= 0.3 is 0 Å². The van der Waals surface area contributed by atoms with Crippen LogP contribution in [0.3, 0.4) is 0 Å². The molecule has 0 aliphatic rings. The molecule has 0 aliphatic heterocycles. The Morgan fingerprint density at radius 3 is 1.63 bits per heavy atom. The molecule has 0 unspecified atom stereocenters. The summed E-state index contributed by atoms with van der Waals surface area (Å²) < 4.78 is 1.21. The van der Waals surface area contributed by atoms with Crippen LogP contribution in [0.25, 0.3) is 43.0 Å². The van der Waals surface area contributed by atoms with E-state index >= 15 is 0 Å². The largest absolute Gasteiger partial charge is 0.236 e. The van der Waals surface area contributed by atoms with Crippen molar-refractivity contribution in [2.45, 2.75) is 19.6 Å². The van der Waals surface area contributed by atoms with Crippen LogP contribution in [0.2, 0.25) is 19.6 Å². The summed E-state index contributed by atoms with van der Waals surface area (Å²) in [6, 6.07) is 32.9. The van der Waals surface area contributed by atoms with Crippen LogP contribution >= 0.6 is 11.3 Å². The van der Waals surface area contributed by atoms with Gasteiger partial charge in [0.05, 0.1) is 41.6 Å². The molecule has 0 atom stereocenters. The minimum atomic E-state index is -1.41. The van der Waals surface area contributed by atoms with Crippen LogP contribution in [0.1, 0.15) is 11.1 Å². The average molecular weight is 486 g/mol. The molecule has 0 spiro atoms. The molecule has 0 bridgehead atoms. The molecule has 3 nitrogen and oxygen atoms in total. The zero-order valence-corrected chi connectivity index (χ0v) is 21.6. The molecule has 0 saturated heterocycles. The highest BCUT2D eigenvalue weighted by Gasteiger charge is 2.18. The number of hydrogen-bond donors (Lipinski definition) is 0. The number of nitrogens with zero attached hydrogens (tertiary/aromatic N) is 3. The van der Waals surface area contributed by atoms with Crippen LogP contribution in [-0.2, 0) is 0 Å². The molecule has 0 radical (unpaired) electrons.